The number of rotatable bonds is 3. The van der Waals surface area contributed by atoms with Crippen molar-refractivity contribution in [1.82, 2.24) is 0 Å². The lowest BCUT2D eigenvalue weighted by Gasteiger charge is -2.33. The van der Waals surface area contributed by atoms with Crippen LogP contribution in [0.2, 0.25) is 0 Å². The summed E-state index contributed by atoms with van der Waals surface area (Å²) >= 11 is 0. The van der Waals surface area contributed by atoms with Gasteiger partial charge in [0.15, 0.2) is 0 Å². The molecule has 1 rings (SSSR count). The summed E-state index contributed by atoms with van der Waals surface area (Å²) in [7, 11) is -0.624. The Balaban J connectivity index is 2.08. The second-order valence-electron chi connectivity index (χ2n) is 3.07. The summed E-state index contributed by atoms with van der Waals surface area (Å²) in [5, 5.41) is 0. The molecule has 3 atom stereocenters. The van der Waals surface area contributed by atoms with E-state index in [-0.39, 0.29) is 0 Å². The van der Waals surface area contributed by atoms with Crippen LogP contribution < -0.4 is 5.73 Å². The highest BCUT2D eigenvalue weighted by Gasteiger charge is 2.26. The maximum atomic E-state index is 10.7. The smallest absolute Gasteiger partial charge is 0.0235 e. The molecule has 0 aromatic heterocycles. The van der Waals surface area contributed by atoms with Gasteiger partial charge in [-0.3, -0.25) is 4.21 Å². The van der Waals surface area contributed by atoms with Crippen LogP contribution in [0.25, 0.3) is 0 Å². The second-order valence-corrected chi connectivity index (χ2v) is 4.62. The van der Waals surface area contributed by atoms with Crippen LogP contribution in [0.4, 0.5) is 0 Å². The molecule has 0 aliphatic heterocycles. The van der Waals surface area contributed by atoms with Crippen LogP contribution in [0.3, 0.4) is 0 Å². The van der Waals surface area contributed by atoms with Gasteiger partial charge in [0.25, 0.3) is 0 Å². The van der Waals surface area contributed by atoms with Gasteiger partial charge in [-0.1, -0.05) is 0 Å². The minimum absolute atomic E-state index is 0.406. The zero-order valence-corrected chi connectivity index (χ0v) is 7.19. The lowest BCUT2D eigenvalue weighted by Crippen LogP contribution is -2.39. The molecule has 0 bridgehead atoms. The Hall–Kier alpha value is 0.110. The van der Waals surface area contributed by atoms with Crippen molar-refractivity contribution in [1.29, 1.82) is 0 Å². The van der Waals surface area contributed by atoms with Crippen molar-refractivity contribution < 1.29 is 4.21 Å². The molecule has 0 aromatic rings. The van der Waals surface area contributed by atoms with Crippen molar-refractivity contribution in [2.75, 3.05) is 12.0 Å². The molecule has 2 N–H and O–H groups in total. The minimum Gasteiger partial charge on any atom is -0.327 e. The van der Waals surface area contributed by atoms with Gasteiger partial charge in [-0.2, -0.15) is 0 Å². The van der Waals surface area contributed by atoms with Crippen molar-refractivity contribution in [3.05, 3.63) is 0 Å². The van der Waals surface area contributed by atoms with E-state index in [0.29, 0.717) is 12.0 Å². The summed E-state index contributed by atoms with van der Waals surface area (Å²) in [5.74, 6) is 1.50. The molecule has 0 saturated heterocycles. The van der Waals surface area contributed by atoms with Gasteiger partial charge < -0.3 is 5.73 Å². The zero-order chi connectivity index (χ0) is 7.56. The van der Waals surface area contributed by atoms with E-state index in [0.717, 1.165) is 12.2 Å². The first kappa shape index (κ1) is 8.21. The second kappa shape index (κ2) is 3.49. The molecule has 0 heterocycles. The summed E-state index contributed by atoms with van der Waals surface area (Å²) < 4.78 is 10.7. The van der Waals surface area contributed by atoms with Crippen LogP contribution in [0.1, 0.15) is 19.3 Å². The molecule has 0 aromatic carbocycles. The first-order valence-electron chi connectivity index (χ1n) is 3.76. The fourth-order valence-corrected chi connectivity index (χ4v) is 1.91. The summed E-state index contributed by atoms with van der Waals surface area (Å²) in [6.07, 6.45) is 5.23. The highest BCUT2D eigenvalue weighted by atomic mass is 32.2. The Morgan fingerprint density at radius 3 is 2.60 bits per heavy atom. The number of hydrogen-bond acceptors (Lipinski definition) is 2. The monoisotopic (exact) mass is 161 g/mol. The predicted octanol–water partition coefficient (Wildman–Crippen LogP) is 0.492. The first-order chi connectivity index (χ1) is 4.70. The van der Waals surface area contributed by atoms with Crippen LogP contribution in [-0.2, 0) is 10.8 Å². The van der Waals surface area contributed by atoms with Crippen molar-refractivity contribution in [3.8, 4) is 0 Å². The molecule has 1 aliphatic carbocycles. The molecular formula is C7H15NOS. The third-order valence-corrected chi connectivity index (χ3v) is 3.06. The van der Waals surface area contributed by atoms with Gasteiger partial charge in [-0.15, -0.1) is 0 Å². The fraction of sp³-hybridized carbons (Fsp3) is 1.00. The van der Waals surface area contributed by atoms with Gasteiger partial charge >= 0.3 is 0 Å². The van der Waals surface area contributed by atoms with Gasteiger partial charge in [-0.25, -0.2) is 0 Å². The minimum atomic E-state index is -0.624. The van der Waals surface area contributed by atoms with E-state index in [1.165, 1.54) is 12.8 Å². The average molecular weight is 161 g/mol. The molecular weight excluding hydrogens is 146 g/mol. The average Bonchev–Trinajstić information content (AvgIpc) is 1.84. The van der Waals surface area contributed by atoms with Crippen molar-refractivity contribution >= 4 is 10.8 Å². The van der Waals surface area contributed by atoms with Crippen LogP contribution in [0.5, 0.6) is 0 Å². The molecule has 1 aliphatic rings. The molecule has 60 valence electrons. The van der Waals surface area contributed by atoms with Crippen molar-refractivity contribution in [3.63, 3.8) is 0 Å². The Kier molecular flexibility index (Phi) is 2.86. The van der Waals surface area contributed by atoms with E-state index in [9.17, 15) is 4.21 Å². The first-order valence-corrected chi connectivity index (χ1v) is 5.48. The lowest BCUT2D eigenvalue weighted by atomic mass is 9.79. The number of hydrogen-bond donors (Lipinski definition) is 1. The summed E-state index contributed by atoms with van der Waals surface area (Å²) in [6.45, 7) is 0. The largest absolute Gasteiger partial charge is 0.327 e. The van der Waals surface area contributed by atoms with Gasteiger partial charge in [0.1, 0.15) is 0 Å². The third-order valence-electron chi connectivity index (χ3n) is 2.25. The van der Waals surface area contributed by atoms with Gasteiger partial charge in [0, 0.05) is 28.9 Å². The summed E-state index contributed by atoms with van der Waals surface area (Å²) in [6, 6.07) is 0.406. The predicted molar refractivity (Wildman–Crippen MR) is 44.2 cm³/mol. The fourth-order valence-electron chi connectivity index (χ4n) is 1.27. The van der Waals surface area contributed by atoms with Crippen LogP contribution in [0, 0.1) is 5.92 Å². The van der Waals surface area contributed by atoms with Gasteiger partial charge in [-0.05, 0) is 25.2 Å². The Morgan fingerprint density at radius 2 is 2.30 bits per heavy atom. The normalized spacial score (nSPS) is 35.0. The Bertz CT molecular complexity index is 138. The molecule has 0 radical (unpaired) electrons. The van der Waals surface area contributed by atoms with E-state index < -0.39 is 10.8 Å². The molecule has 0 amide bonds. The molecule has 1 saturated carbocycles. The van der Waals surface area contributed by atoms with E-state index in [4.69, 9.17) is 5.73 Å². The molecule has 2 nitrogen and oxygen atoms in total. The SMILES string of the molecule is CS(=O)CCC1CCC1N. The van der Waals surface area contributed by atoms with Gasteiger partial charge in [0.05, 0.1) is 0 Å². The molecule has 10 heavy (non-hydrogen) atoms. The highest BCUT2D eigenvalue weighted by Crippen LogP contribution is 2.28. The van der Waals surface area contributed by atoms with E-state index >= 15 is 0 Å². The maximum absolute atomic E-state index is 10.7. The van der Waals surface area contributed by atoms with E-state index in [1.807, 2.05) is 0 Å². The lowest BCUT2D eigenvalue weighted by molar-refractivity contribution is 0.251. The van der Waals surface area contributed by atoms with Crippen LogP contribution in [0.15, 0.2) is 0 Å². The van der Waals surface area contributed by atoms with E-state index in [1.54, 1.807) is 6.26 Å². The summed E-state index contributed by atoms with van der Waals surface area (Å²) in [4.78, 5) is 0. The van der Waals surface area contributed by atoms with Crippen molar-refractivity contribution in [2.45, 2.75) is 25.3 Å². The molecule has 3 heteroatoms. The highest BCUT2D eigenvalue weighted by molar-refractivity contribution is 7.84. The number of nitrogens with two attached hydrogens (primary N) is 1. The third kappa shape index (κ3) is 2.06. The Morgan fingerprint density at radius 1 is 1.60 bits per heavy atom. The molecule has 3 unspecified atom stereocenters. The van der Waals surface area contributed by atoms with Crippen LogP contribution >= 0.6 is 0 Å². The summed E-state index contributed by atoms with van der Waals surface area (Å²) in [5.41, 5.74) is 5.71. The standard InChI is InChI=1S/C7H15NOS/c1-10(9)5-4-6-2-3-7(6)8/h6-7H,2-5,8H2,1H3. The molecule has 1 fully saturated rings. The van der Waals surface area contributed by atoms with E-state index in [2.05, 4.69) is 0 Å². The zero-order valence-electron chi connectivity index (χ0n) is 6.38. The topological polar surface area (TPSA) is 43.1 Å². The quantitative estimate of drug-likeness (QED) is 0.654. The van der Waals surface area contributed by atoms with Crippen LogP contribution in [-0.4, -0.2) is 22.3 Å². The van der Waals surface area contributed by atoms with Gasteiger partial charge in [0.2, 0.25) is 0 Å². The van der Waals surface area contributed by atoms with Crippen molar-refractivity contribution in [2.24, 2.45) is 11.7 Å². The maximum Gasteiger partial charge on any atom is 0.0235 e. The Labute approximate surface area is 64.6 Å². The molecule has 0 spiro atoms.